The number of anilines is 1. The number of aryl methyl sites for hydroxylation is 2. The molecule has 3 rings (SSSR count). The molecule has 1 aliphatic heterocycles. The Morgan fingerprint density at radius 3 is 2.40 bits per heavy atom. The number of hydrogen-bond acceptors (Lipinski definition) is 3. The van der Waals surface area contributed by atoms with E-state index in [0.29, 0.717) is 11.3 Å². The van der Waals surface area contributed by atoms with Gasteiger partial charge >= 0.3 is 0 Å². The molecule has 25 heavy (non-hydrogen) atoms. The lowest BCUT2D eigenvalue weighted by Crippen LogP contribution is -2.27. The Bertz CT molecular complexity index is 901. The summed E-state index contributed by atoms with van der Waals surface area (Å²) in [7, 11) is -3.74. The van der Waals surface area contributed by atoms with E-state index in [9.17, 15) is 13.2 Å². The molecular weight excluding hydrogens is 336 g/mol. The molecule has 1 heterocycles. The Balaban J connectivity index is 1.85. The highest BCUT2D eigenvalue weighted by molar-refractivity contribution is 7.92. The number of carbonyl (C=O) groups excluding carboxylic acids is 1. The smallest absolute Gasteiger partial charge is 0.261 e. The van der Waals surface area contributed by atoms with E-state index >= 15 is 0 Å². The Hall–Kier alpha value is -2.34. The van der Waals surface area contributed by atoms with Gasteiger partial charge in [0.25, 0.3) is 15.9 Å². The van der Waals surface area contributed by atoms with Crippen molar-refractivity contribution in [1.82, 2.24) is 4.90 Å². The van der Waals surface area contributed by atoms with Crippen LogP contribution in [0.3, 0.4) is 0 Å². The molecule has 1 fully saturated rings. The van der Waals surface area contributed by atoms with Crippen molar-refractivity contribution in [3.05, 3.63) is 59.2 Å². The predicted molar refractivity (Wildman–Crippen MR) is 98.3 cm³/mol. The van der Waals surface area contributed by atoms with Gasteiger partial charge in [-0.15, -0.1) is 0 Å². The topological polar surface area (TPSA) is 66.5 Å². The fraction of sp³-hybridized carbons (Fsp3) is 0.316. The van der Waals surface area contributed by atoms with E-state index < -0.39 is 10.0 Å². The monoisotopic (exact) mass is 358 g/mol. The van der Waals surface area contributed by atoms with E-state index in [1.165, 1.54) is 12.1 Å². The third-order valence-electron chi connectivity index (χ3n) is 4.54. The number of nitrogens with one attached hydrogen (secondary N) is 1. The van der Waals surface area contributed by atoms with Crippen molar-refractivity contribution in [2.75, 3.05) is 17.8 Å². The fourth-order valence-electron chi connectivity index (χ4n) is 2.92. The van der Waals surface area contributed by atoms with Crippen molar-refractivity contribution in [2.45, 2.75) is 31.6 Å². The molecule has 2 aromatic rings. The molecule has 132 valence electrons. The minimum atomic E-state index is -3.74. The lowest BCUT2D eigenvalue weighted by molar-refractivity contribution is 0.0792. The number of benzene rings is 2. The lowest BCUT2D eigenvalue weighted by Gasteiger charge is -2.16. The highest BCUT2D eigenvalue weighted by Crippen LogP contribution is 2.21. The maximum absolute atomic E-state index is 12.7. The average Bonchev–Trinajstić information content (AvgIpc) is 3.12. The van der Waals surface area contributed by atoms with Crippen molar-refractivity contribution in [2.24, 2.45) is 0 Å². The largest absolute Gasteiger partial charge is 0.339 e. The second kappa shape index (κ2) is 6.88. The van der Waals surface area contributed by atoms with Crippen LogP contribution in [0.15, 0.2) is 47.4 Å². The van der Waals surface area contributed by atoms with Crippen molar-refractivity contribution in [3.63, 3.8) is 0 Å². The molecule has 0 spiro atoms. The molecule has 0 aliphatic carbocycles. The van der Waals surface area contributed by atoms with Crippen LogP contribution in [0.1, 0.15) is 34.3 Å². The first-order valence-electron chi connectivity index (χ1n) is 8.36. The van der Waals surface area contributed by atoms with Gasteiger partial charge in [-0.05, 0) is 68.1 Å². The van der Waals surface area contributed by atoms with Gasteiger partial charge in [-0.2, -0.15) is 0 Å². The molecule has 5 nitrogen and oxygen atoms in total. The van der Waals surface area contributed by atoms with Gasteiger partial charge in [-0.25, -0.2) is 8.42 Å². The van der Waals surface area contributed by atoms with Gasteiger partial charge in [0.1, 0.15) is 0 Å². The van der Waals surface area contributed by atoms with E-state index in [0.717, 1.165) is 37.1 Å². The minimum absolute atomic E-state index is 0.0933. The maximum atomic E-state index is 12.7. The van der Waals surface area contributed by atoms with Crippen molar-refractivity contribution >= 4 is 21.6 Å². The number of carbonyl (C=O) groups is 1. The van der Waals surface area contributed by atoms with E-state index in [2.05, 4.69) is 4.72 Å². The second-order valence-corrected chi connectivity index (χ2v) is 8.11. The molecule has 0 unspecified atom stereocenters. The summed E-state index contributed by atoms with van der Waals surface area (Å²) in [6.45, 7) is 5.37. The third-order valence-corrected chi connectivity index (χ3v) is 5.92. The molecule has 0 bridgehead atoms. The summed E-state index contributed by atoms with van der Waals surface area (Å²) in [6.07, 6.45) is 2.00. The second-order valence-electron chi connectivity index (χ2n) is 6.43. The van der Waals surface area contributed by atoms with Crippen molar-refractivity contribution in [1.29, 1.82) is 0 Å². The van der Waals surface area contributed by atoms with Crippen LogP contribution in [0.4, 0.5) is 5.69 Å². The molecule has 1 amide bonds. The summed E-state index contributed by atoms with van der Waals surface area (Å²) in [5, 5.41) is 0. The van der Waals surface area contributed by atoms with Crippen LogP contribution in [0.5, 0.6) is 0 Å². The molecule has 0 saturated carbocycles. The Morgan fingerprint density at radius 2 is 1.72 bits per heavy atom. The number of amides is 1. The minimum Gasteiger partial charge on any atom is -0.339 e. The zero-order valence-corrected chi connectivity index (χ0v) is 15.3. The summed E-state index contributed by atoms with van der Waals surface area (Å²) in [4.78, 5) is 14.3. The normalized spacial score (nSPS) is 14.6. The number of nitrogens with zero attached hydrogens (tertiary/aromatic N) is 1. The van der Waals surface area contributed by atoms with Gasteiger partial charge < -0.3 is 4.90 Å². The molecule has 0 atom stereocenters. The molecular formula is C19H22N2O3S. The SMILES string of the molecule is Cc1ccc(NS(=O)(=O)c2cccc(C(=O)N3CCCC3)c2)cc1C. The fourth-order valence-corrected chi connectivity index (χ4v) is 4.01. The highest BCUT2D eigenvalue weighted by Gasteiger charge is 2.22. The van der Waals surface area contributed by atoms with Gasteiger partial charge in [-0.1, -0.05) is 12.1 Å². The van der Waals surface area contributed by atoms with Gasteiger partial charge in [0.05, 0.1) is 4.90 Å². The first-order chi connectivity index (χ1) is 11.9. The van der Waals surface area contributed by atoms with Crippen LogP contribution >= 0.6 is 0 Å². The quantitative estimate of drug-likeness (QED) is 0.911. The average molecular weight is 358 g/mol. The van der Waals surface area contributed by atoms with E-state index in [1.807, 2.05) is 19.9 Å². The van der Waals surface area contributed by atoms with Crippen LogP contribution in [0, 0.1) is 13.8 Å². The zero-order chi connectivity index (χ0) is 18.0. The Labute approximate surface area is 148 Å². The molecule has 0 radical (unpaired) electrons. The molecule has 6 heteroatoms. The third kappa shape index (κ3) is 3.85. The first-order valence-corrected chi connectivity index (χ1v) is 9.84. The van der Waals surface area contributed by atoms with Crippen LogP contribution < -0.4 is 4.72 Å². The molecule has 1 saturated heterocycles. The number of likely N-dealkylation sites (tertiary alicyclic amines) is 1. The van der Waals surface area contributed by atoms with Crippen LogP contribution in [-0.4, -0.2) is 32.3 Å². The maximum Gasteiger partial charge on any atom is 0.261 e. The van der Waals surface area contributed by atoms with Gasteiger partial charge in [-0.3, -0.25) is 9.52 Å². The Morgan fingerprint density at radius 1 is 1.00 bits per heavy atom. The van der Waals surface area contributed by atoms with Crippen LogP contribution in [0.25, 0.3) is 0 Å². The van der Waals surface area contributed by atoms with Crippen molar-refractivity contribution in [3.8, 4) is 0 Å². The van der Waals surface area contributed by atoms with E-state index in [4.69, 9.17) is 0 Å². The Kier molecular flexibility index (Phi) is 4.81. The molecule has 0 aromatic heterocycles. The first kappa shape index (κ1) is 17.5. The van der Waals surface area contributed by atoms with Gasteiger partial charge in [0, 0.05) is 24.3 Å². The summed E-state index contributed by atoms with van der Waals surface area (Å²) in [5.74, 6) is -0.110. The number of hydrogen-bond donors (Lipinski definition) is 1. The lowest BCUT2D eigenvalue weighted by atomic mass is 10.1. The zero-order valence-electron chi connectivity index (χ0n) is 14.5. The van der Waals surface area contributed by atoms with Crippen LogP contribution in [-0.2, 0) is 10.0 Å². The summed E-state index contributed by atoms with van der Waals surface area (Å²) in [6, 6.07) is 11.6. The summed E-state index contributed by atoms with van der Waals surface area (Å²) >= 11 is 0. The standard InChI is InChI=1S/C19H22N2O3S/c1-14-8-9-17(12-15(14)2)20-25(23,24)18-7-5-6-16(13-18)19(22)21-10-3-4-11-21/h5-9,12-13,20H,3-4,10-11H2,1-2H3. The van der Waals surface area contributed by atoms with Gasteiger partial charge in [0.15, 0.2) is 0 Å². The molecule has 1 N–H and O–H groups in total. The van der Waals surface area contributed by atoms with Crippen LogP contribution in [0.2, 0.25) is 0 Å². The van der Waals surface area contributed by atoms with E-state index in [-0.39, 0.29) is 10.8 Å². The van der Waals surface area contributed by atoms with Gasteiger partial charge in [0.2, 0.25) is 0 Å². The molecule has 2 aromatic carbocycles. The summed E-state index contributed by atoms with van der Waals surface area (Å²) in [5.41, 5.74) is 3.03. The van der Waals surface area contributed by atoms with E-state index in [1.54, 1.807) is 29.2 Å². The van der Waals surface area contributed by atoms with Crippen molar-refractivity contribution < 1.29 is 13.2 Å². The number of sulfonamides is 1. The predicted octanol–water partition coefficient (Wildman–Crippen LogP) is 3.34. The highest BCUT2D eigenvalue weighted by atomic mass is 32.2. The number of rotatable bonds is 4. The molecule has 1 aliphatic rings. The summed E-state index contributed by atoms with van der Waals surface area (Å²) < 4.78 is 27.9.